The van der Waals surface area contributed by atoms with Gasteiger partial charge in [0.25, 0.3) is 0 Å². The molecule has 1 fully saturated rings. The minimum atomic E-state index is -0.410. The summed E-state index contributed by atoms with van der Waals surface area (Å²) in [7, 11) is 1.35. The molecule has 1 heterocycles. The van der Waals surface area contributed by atoms with Crippen molar-refractivity contribution in [3.8, 4) is 0 Å². The number of ether oxygens (including phenoxy) is 2. The standard InChI is InChI=1S/C14H20N2O3/c1-14(2)9-16(7-8-19-14)11-6-4-5-10(12(11)15)13(17)18-3/h4-6H,7-9,15H2,1-3H3. The van der Waals surface area contributed by atoms with Crippen LogP contribution in [0.1, 0.15) is 24.2 Å². The number of anilines is 2. The molecule has 1 aliphatic rings. The van der Waals surface area contributed by atoms with Crippen molar-refractivity contribution in [1.29, 1.82) is 0 Å². The van der Waals surface area contributed by atoms with Gasteiger partial charge in [0.15, 0.2) is 0 Å². The second-order valence-corrected chi connectivity index (χ2v) is 5.26. The van der Waals surface area contributed by atoms with Crippen LogP contribution >= 0.6 is 0 Å². The molecule has 1 aromatic carbocycles. The summed E-state index contributed by atoms with van der Waals surface area (Å²) >= 11 is 0. The minimum absolute atomic E-state index is 0.216. The molecule has 2 rings (SSSR count). The van der Waals surface area contributed by atoms with Gasteiger partial charge in [0.1, 0.15) is 0 Å². The summed E-state index contributed by atoms with van der Waals surface area (Å²) in [6.07, 6.45) is 0. The van der Waals surface area contributed by atoms with E-state index in [1.54, 1.807) is 6.07 Å². The van der Waals surface area contributed by atoms with E-state index in [-0.39, 0.29) is 5.60 Å². The molecule has 0 atom stereocenters. The first-order valence-corrected chi connectivity index (χ1v) is 6.30. The highest BCUT2D eigenvalue weighted by molar-refractivity contribution is 5.98. The molecule has 0 amide bonds. The van der Waals surface area contributed by atoms with E-state index < -0.39 is 5.97 Å². The lowest BCUT2D eigenvalue weighted by Gasteiger charge is -2.40. The summed E-state index contributed by atoms with van der Waals surface area (Å²) in [4.78, 5) is 13.8. The van der Waals surface area contributed by atoms with Gasteiger partial charge in [0, 0.05) is 13.1 Å². The molecular formula is C14H20N2O3. The van der Waals surface area contributed by atoms with Gasteiger partial charge in [-0.1, -0.05) is 6.07 Å². The number of morpholine rings is 1. The van der Waals surface area contributed by atoms with Gasteiger partial charge in [0.05, 0.1) is 36.3 Å². The van der Waals surface area contributed by atoms with Crippen molar-refractivity contribution in [3.05, 3.63) is 23.8 Å². The summed E-state index contributed by atoms with van der Waals surface area (Å²) in [5.41, 5.74) is 7.61. The van der Waals surface area contributed by atoms with E-state index >= 15 is 0 Å². The molecule has 0 bridgehead atoms. The van der Waals surface area contributed by atoms with Gasteiger partial charge in [-0.2, -0.15) is 0 Å². The number of methoxy groups -OCH3 is 1. The first-order valence-electron chi connectivity index (χ1n) is 6.30. The summed E-state index contributed by atoms with van der Waals surface area (Å²) < 4.78 is 10.4. The van der Waals surface area contributed by atoms with Crippen LogP contribution in [-0.4, -0.2) is 38.4 Å². The van der Waals surface area contributed by atoms with E-state index in [9.17, 15) is 4.79 Å². The van der Waals surface area contributed by atoms with E-state index in [1.165, 1.54) is 7.11 Å². The molecule has 0 aromatic heterocycles. The van der Waals surface area contributed by atoms with Gasteiger partial charge in [-0.05, 0) is 26.0 Å². The second kappa shape index (κ2) is 5.09. The number of nitrogens with zero attached hydrogens (tertiary/aromatic N) is 1. The number of esters is 1. The molecule has 0 unspecified atom stereocenters. The number of nitrogens with two attached hydrogens (primary N) is 1. The Morgan fingerprint density at radius 2 is 2.21 bits per heavy atom. The molecule has 0 saturated carbocycles. The van der Waals surface area contributed by atoms with Crippen molar-refractivity contribution in [2.75, 3.05) is 37.4 Å². The SMILES string of the molecule is COC(=O)c1cccc(N2CCOC(C)(C)C2)c1N. The lowest BCUT2D eigenvalue weighted by Crippen LogP contribution is -2.48. The molecular weight excluding hydrogens is 244 g/mol. The van der Waals surface area contributed by atoms with Crippen molar-refractivity contribution in [2.45, 2.75) is 19.4 Å². The van der Waals surface area contributed by atoms with E-state index in [2.05, 4.69) is 4.90 Å². The molecule has 104 valence electrons. The van der Waals surface area contributed by atoms with Gasteiger partial charge in [-0.3, -0.25) is 0 Å². The van der Waals surface area contributed by atoms with E-state index in [0.29, 0.717) is 17.9 Å². The maximum Gasteiger partial charge on any atom is 0.340 e. The third-order valence-corrected chi connectivity index (χ3v) is 3.25. The lowest BCUT2D eigenvalue weighted by atomic mass is 10.0. The Morgan fingerprint density at radius 3 is 2.84 bits per heavy atom. The fourth-order valence-electron chi connectivity index (χ4n) is 2.34. The fraction of sp³-hybridized carbons (Fsp3) is 0.500. The first kappa shape index (κ1) is 13.7. The van der Waals surface area contributed by atoms with Crippen LogP contribution in [0.2, 0.25) is 0 Å². The zero-order valence-electron chi connectivity index (χ0n) is 11.6. The number of hydrogen-bond acceptors (Lipinski definition) is 5. The Balaban J connectivity index is 2.32. The maximum atomic E-state index is 11.7. The first-order chi connectivity index (χ1) is 8.94. The molecule has 1 aliphatic heterocycles. The zero-order valence-corrected chi connectivity index (χ0v) is 11.6. The highest BCUT2D eigenvalue weighted by atomic mass is 16.5. The molecule has 19 heavy (non-hydrogen) atoms. The number of carbonyl (C=O) groups is 1. The summed E-state index contributed by atoms with van der Waals surface area (Å²) in [5.74, 6) is -0.410. The molecule has 5 nitrogen and oxygen atoms in total. The average Bonchev–Trinajstić information content (AvgIpc) is 2.37. The van der Waals surface area contributed by atoms with Crippen LogP contribution in [0.4, 0.5) is 11.4 Å². The number of nitrogen functional groups attached to an aromatic ring is 1. The summed E-state index contributed by atoms with van der Waals surface area (Å²) in [6.45, 7) is 6.23. The Kier molecular flexibility index (Phi) is 3.66. The summed E-state index contributed by atoms with van der Waals surface area (Å²) in [6, 6.07) is 5.42. The molecule has 2 N–H and O–H groups in total. The predicted octanol–water partition coefficient (Wildman–Crippen LogP) is 1.67. The average molecular weight is 264 g/mol. The van der Waals surface area contributed by atoms with Gasteiger partial charge in [-0.25, -0.2) is 4.79 Å². The Hall–Kier alpha value is -1.75. The van der Waals surface area contributed by atoms with Crippen LogP contribution in [0.25, 0.3) is 0 Å². The van der Waals surface area contributed by atoms with Gasteiger partial charge < -0.3 is 20.1 Å². The van der Waals surface area contributed by atoms with Crippen LogP contribution in [-0.2, 0) is 9.47 Å². The maximum absolute atomic E-state index is 11.7. The number of hydrogen-bond donors (Lipinski definition) is 1. The molecule has 1 saturated heterocycles. The van der Waals surface area contributed by atoms with E-state index in [1.807, 2.05) is 26.0 Å². The Bertz CT molecular complexity index is 486. The number of rotatable bonds is 2. The molecule has 0 aliphatic carbocycles. The smallest absolute Gasteiger partial charge is 0.340 e. The molecule has 0 radical (unpaired) electrons. The largest absolute Gasteiger partial charge is 0.465 e. The molecule has 5 heteroatoms. The van der Waals surface area contributed by atoms with Crippen LogP contribution in [0, 0.1) is 0 Å². The highest BCUT2D eigenvalue weighted by Crippen LogP contribution is 2.30. The van der Waals surface area contributed by atoms with Crippen molar-refractivity contribution >= 4 is 17.3 Å². The van der Waals surface area contributed by atoms with Crippen LogP contribution in [0.15, 0.2) is 18.2 Å². The zero-order chi connectivity index (χ0) is 14.0. The van der Waals surface area contributed by atoms with Gasteiger partial charge >= 0.3 is 5.97 Å². The third kappa shape index (κ3) is 2.81. The van der Waals surface area contributed by atoms with Crippen LogP contribution in [0.5, 0.6) is 0 Å². The number of para-hydroxylation sites is 1. The van der Waals surface area contributed by atoms with Gasteiger partial charge in [0.2, 0.25) is 0 Å². The summed E-state index contributed by atoms with van der Waals surface area (Å²) in [5, 5.41) is 0. The van der Waals surface area contributed by atoms with Gasteiger partial charge in [-0.15, -0.1) is 0 Å². The quantitative estimate of drug-likeness (QED) is 0.650. The highest BCUT2D eigenvalue weighted by Gasteiger charge is 2.28. The van der Waals surface area contributed by atoms with Crippen LogP contribution < -0.4 is 10.6 Å². The third-order valence-electron chi connectivity index (χ3n) is 3.25. The monoisotopic (exact) mass is 264 g/mol. The Labute approximate surface area is 113 Å². The Morgan fingerprint density at radius 1 is 1.47 bits per heavy atom. The number of carbonyl (C=O) groups excluding carboxylic acids is 1. The normalized spacial score (nSPS) is 18.2. The minimum Gasteiger partial charge on any atom is -0.465 e. The van der Waals surface area contributed by atoms with E-state index in [4.69, 9.17) is 15.2 Å². The van der Waals surface area contributed by atoms with E-state index in [0.717, 1.165) is 18.8 Å². The lowest BCUT2D eigenvalue weighted by molar-refractivity contribution is -0.0276. The second-order valence-electron chi connectivity index (χ2n) is 5.26. The fourth-order valence-corrected chi connectivity index (χ4v) is 2.34. The molecule has 1 aromatic rings. The van der Waals surface area contributed by atoms with Crippen molar-refractivity contribution in [3.63, 3.8) is 0 Å². The topological polar surface area (TPSA) is 64.8 Å². The van der Waals surface area contributed by atoms with Crippen LogP contribution in [0.3, 0.4) is 0 Å². The van der Waals surface area contributed by atoms with Crippen molar-refractivity contribution in [1.82, 2.24) is 0 Å². The van der Waals surface area contributed by atoms with Crippen molar-refractivity contribution in [2.24, 2.45) is 0 Å². The predicted molar refractivity (Wildman–Crippen MR) is 74.4 cm³/mol. The van der Waals surface area contributed by atoms with Crippen molar-refractivity contribution < 1.29 is 14.3 Å². The molecule has 0 spiro atoms. The number of benzene rings is 1.